The Morgan fingerprint density at radius 1 is 0.643 bits per heavy atom. The van der Waals surface area contributed by atoms with E-state index in [1.165, 1.54) is 0 Å². The van der Waals surface area contributed by atoms with Crippen molar-refractivity contribution in [2.24, 2.45) is 0 Å². The molecule has 2 aliphatic carbocycles. The summed E-state index contributed by atoms with van der Waals surface area (Å²) in [6, 6.07) is 8.45. The number of ether oxygens (including phenoxy) is 4. The van der Waals surface area contributed by atoms with E-state index in [9.17, 15) is 9.59 Å². The van der Waals surface area contributed by atoms with Gasteiger partial charge in [0.25, 0.3) is 0 Å². The Labute approximate surface area is 327 Å². The molecule has 0 bridgehead atoms. The van der Waals surface area contributed by atoms with E-state index < -0.39 is 11.2 Å². The molecule has 2 aromatic heterocycles. The van der Waals surface area contributed by atoms with Crippen LogP contribution in [0.15, 0.2) is 24.3 Å². The lowest BCUT2D eigenvalue weighted by Crippen LogP contribution is -2.36. The van der Waals surface area contributed by atoms with Crippen LogP contribution in [0.1, 0.15) is 151 Å². The van der Waals surface area contributed by atoms with Gasteiger partial charge >= 0.3 is 12.2 Å². The number of rotatable bonds is 6. The van der Waals surface area contributed by atoms with Crippen LogP contribution in [-0.4, -0.2) is 66.2 Å². The molecule has 56 heavy (non-hydrogen) atoms. The molecule has 294 valence electrons. The second kappa shape index (κ2) is 12.8. The first-order valence-corrected chi connectivity index (χ1v) is 20.6. The van der Waals surface area contributed by atoms with E-state index in [2.05, 4.69) is 34.2 Å². The first-order chi connectivity index (χ1) is 26.8. The lowest BCUT2D eigenvalue weighted by Gasteiger charge is -2.30. The molecule has 0 radical (unpaired) electrons. The fraction of sp³-hybridized carbons (Fsp3) is 0.545. The highest BCUT2D eigenvalue weighted by molar-refractivity contribution is 5.89. The SMILES string of the molecule is CC(C)(C)OC(=O)N1CCC[C@H]1c1nc(C2CC2)c(-c2cc3c4c(c2)OCc2cc(-c5[nH]c([C@@H]6CCCN6C(=O)OC(C)(C)C)nc5C5CC5)cc(c2-4)OC3)[nH]1. The summed E-state index contributed by atoms with van der Waals surface area (Å²) >= 11 is 0. The van der Waals surface area contributed by atoms with Gasteiger partial charge in [0, 0.05) is 58.3 Å². The molecule has 2 saturated carbocycles. The number of hydrogen-bond acceptors (Lipinski definition) is 8. The molecule has 2 saturated heterocycles. The molecule has 0 unspecified atom stereocenters. The number of carbonyl (C=O) groups excluding carboxylic acids is 2. The molecule has 12 nitrogen and oxygen atoms in total. The van der Waals surface area contributed by atoms with Crippen molar-refractivity contribution in [2.75, 3.05) is 13.1 Å². The molecule has 10 rings (SSSR count). The number of aromatic amines is 2. The van der Waals surface area contributed by atoms with Gasteiger partial charge in [-0.25, -0.2) is 19.6 Å². The zero-order valence-electron chi connectivity index (χ0n) is 33.3. The summed E-state index contributed by atoms with van der Waals surface area (Å²) < 4.78 is 24.8. The molecular weight excluding hydrogens is 709 g/mol. The standard InChI is InChI=1S/C44H52N6O6/c1-43(2,3)55-41(51)49-15-7-9-29(49)39-45-35(23-11-12-23)37(47-39)25-17-27-21-54-32-20-26(18-28-22-53-31(19-25)33(27)34(28)32)38-36(24-13-14-24)46-40(48-38)30-10-8-16-50(30)42(52)56-44(4,5)6/h17-20,23-24,29-30H,7-16,21-22H2,1-6H3,(H,45,47)(H,46,48)/t29-,30-/m0/s1. The van der Waals surface area contributed by atoms with Crippen LogP contribution in [-0.2, 0) is 22.7 Å². The van der Waals surface area contributed by atoms with Crippen molar-refractivity contribution in [3.8, 4) is 45.1 Å². The Bertz CT molecular complexity index is 2040. The largest absolute Gasteiger partial charge is 0.488 e. The molecule has 2 aromatic carbocycles. The number of imidazole rings is 2. The fourth-order valence-electron chi connectivity index (χ4n) is 9.02. The number of carbonyl (C=O) groups is 2. The fourth-order valence-corrected chi connectivity index (χ4v) is 9.02. The van der Waals surface area contributed by atoms with Crippen molar-refractivity contribution < 1.29 is 28.5 Å². The van der Waals surface area contributed by atoms with Crippen molar-refractivity contribution >= 4 is 12.2 Å². The number of H-pyrrole nitrogens is 2. The average Bonchev–Trinajstić information content (AvgIpc) is 3.90. The molecule has 4 fully saturated rings. The van der Waals surface area contributed by atoms with Crippen LogP contribution >= 0.6 is 0 Å². The van der Waals surface area contributed by atoms with E-state index in [0.717, 1.165) is 131 Å². The molecule has 4 aromatic rings. The summed E-state index contributed by atoms with van der Waals surface area (Å²) in [5.41, 5.74) is 9.42. The summed E-state index contributed by atoms with van der Waals surface area (Å²) in [5.74, 6) is 4.15. The van der Waals surface area contributed by atoms with E-state index in [0.29, 0.717) is 38.1 Å². The summed E-state index contributed by atoms with van der Waals surface area (Å²) in [5, 5.41) is 0. The third kappa shape index (κ3) is 6.38. The smallest absolute Gasteiger partial charge is 0.410 e. The highest BCUT2D eigenvalue weighted by Crippen LogP contribution is 2.53. The summed E-state index contributed by atoms with van der Waals surface area (Å²) in [7, 11) is 0. The van der Waals surface area contributed by atoms with Gasteiger partial charge in [0.15, 0.2) is 0 Å². The van der Waals surface area contributed by atoms with Gasteiger partial charge in [-0.05, 0) is 117 Å². The van der Waals surface area contributed by atoms with Gasteiger partial charge in [-0.1, -0.05) is 0 Å². The summed E-state index contributed by atoms with van der Waals surface area (Å²) in [6.07, 6.45) is 7.36. The van der Waals surface area contributed by atoms with Crippen LogP contribution in [0.3, 0.4) is 0 Å². The van der Waals surface area contributed by atoms with Crippen molar-refractivity contribution in [2.45, 2.75) is 141 Å². The lowest BCUT2D eigenvalue weighted by atomic mass is 9.87. The highest BCUT2D eigenvalue weighted by atomic mass is 16.6. The monoisotopic (exact) mass is 760 g/mol. The van der Waals surface area contributed by atoms with Gasteiger partial charge in [0.1, 0.15) is 47.6 Å². The van der Waals surface area contributed by atoms with E-state index in [1.54, 1.807) is 0 Å². The van der Waals surface area contributed by atoms with Crippen molar-refractivity contribution in [3.63, 3.8) is 0 Å². The Morgan fingerprint density at radius 3 is 1.43 bits per heavy atom. The Kier molecular flexibility index (Phi) is 8.07. The summed E-state index contributed by atoms with van der Waals surface area (Å²) in [4.78, 5) is 47.8. The first-order valence-electron chi connectivity index (χ1n) is 20.6. The minimum atomic E-state index is -0.561. The van der Waals surface area contributed by atoms with Crippen LogP contribution < -0.4 is 9.47 Å². The van der Waals surface area contributed by atoms with E-state index in [4.69, 9.17) is 28.9 Å². The predicted octanol–water partition coefficient (Wildman–Crippen LogP) is 9.82. The zero-order valence-corrected chi connectivity index (χ0v) is 33.3. The maximum atomic E-state index is 13.2. The van der Waals surface area contributed by atoms with Crippen LogP contribution in [0.25, 0.3) is 33.6 Å². The van der Waals surface area contributed by atoms with E-state index in [-0.39, 0.29) is 24.3 Å². The number of nitrogens with one attached hydrogen (secondary N) is 2. The van der Waals surface area contributed by atoms with Gasteiger partial charge < -0.3 is 28.9 Å². The third-order valence-corrected chi connectivity index (χ3v) is 11.8. The lowest BCUT2D eigenvalue weighted by molar-refractivity contribution is 0.0208. The molecule has 2 atom stereocenters. The Morgan fingerprint density at radius 2 is 1.05 bits per heavy atom. The van der Waals surface area contributed by atoms with Crippen LogP contribution in [0, 0.1) is 0 Å². The number of likely N-dealkylation sites (tertiary alicyclic amines) is 2. The van der Waals surface area contributed by atoms with E-state index in [1.807, 2.05) is 51.3 Å². The summed E-state index contributed by atoms with van der Waals surface area (Å²) in [6.45, 7) is 13.6. The molecule has 6 aliphatic rings. The minimum absolute atomic E-state index is 0.149. The van der Waals surface area contributed by atoms with Crippen molar-refractivity contribution in [3.05, 3.63) is 58.4 Å². The van der Waals surface area contributed by atoms with Gasteiger partial charge in [-0.15, -0.1) is 0 Å². The molecule has 12 heteroatoms. The second-order valence-electron chi connectivity index (χ2n) is 18.6. The molecular formula is C44H52N6O6. The van der Waals surface area contributed by atoms with Crippen molar-refractivity contribution in [1.29, 1.82) is 0 Å². The minimum Gasteiger partial charge on any atom is -0.488 e. The van der Waals surface area contributed by atoms with Gasteiger partial charge in [-0.3, -0.25) is 9.80 Å². The quantitative estimate of drug-likeness (QED) is 0.198. The highest BCUT2D eigenvalue weighted by Gasteiger charge is 2.40. The zero-order chi connectivity index (χ0) is 38.7. The number of amides is 2. The maximum Gasteiger partial charge on any atom is 0.410 e. The van der Waals surface area contributed by atoms with Crippen LogP contribution in [0.4, 0.5) is 9.59 Å². The number of benzene rings is 2. The third-order valence-electron chi connectivity index (χ3n) is 11.8. The molecule has 2 amide bonds. The second-order valence-corrected chi connectivity index (χ2v) is 18.6. The van der Waals surface area contributed by atoms with E-state index >= 15 is 0 Å². The first kappa shape index (κ1) is 35.4. The average molecular weight is 761 g/mol. The van der Waals surface area contributed by atoms with Gasteiger partial charge in [0.2, 0.25) is 0 Å². The molecule has 6 heterocycles. The normalized spacial score (nSPS) is 21.5. The Hall–Kier alpha value is -5.00. The topological polar surface area (TPSA) is 135 Å². The van der Waals surface area contributed by atoms with Crippen LogP contribution in [0.5, 0.6) is 11.5 Å². The number of hydrogen-bond donors (Lipinski definition) is 2. The molecule has 4 aliphatic heterocycles. The van der Waals surface area contributed by atoms with Gasteiger partial charge in [-0.2, -0.15) is 0 Å². The van der Waals surface area contributed by atoms with Crippen LogP contribution in [0.2, 0.25) is 0 Å². The van der Waals surface area contributed by atoms with Gasteiger partial charge in [0.05, 0.1) is 34.9 Å². The molecule has 2 N–H and O–H groups in total. The Balaban J connectivity index is 0.971. The number of aromatic nitrogens is 4. The predicted molar refractivity (Wildman–Crippen MR) is 209 cm³/mol. The number of nitrogens with zero attached hydrogens (tertiary/aromatic N) is 4. The maximum absolute atomic E-state index is 13.2. The van der Waals surface area contributed by atoms with Crippen molar-refractivity contribution in [1.82, 2.24) is 29.7 Å². The molecule has 0 spiro atoms.